The summed E-state index contributed by atoms with van der Waals surface area (Å²) in [6.07, 6.45) is 3.11. The van der Waals surface area contributed by atoms with Crippen molar-refractivity contribution < 1.29 is 13.6 Å². The third-order valence-electron chi connectivity index (χ3n) is 2.72. The number of amidine groups is 1. The molecule has 1 unspecified atom stereocenters. The van der Waals surface area contributed by atoms with E-state index in [1.807, 2.05) is 6.92 Å². The lowest BCUT2D eigenvalue weighted by atomic mass is 10.2. The van der Waals surface area contributed by atoms with Gasteiger partial charge in [0.1, 0.15) is 0 Å². The van der Waals surface area contributed by atoms with Crippen LogP contribution in [-0.2, 0) is 16.4 Å². The highest BCUT2D eigenvalue weighted by atomic mass is 32.2. The van der Waals surface area contributed by atoms with Crippen molar-refractivity contribution >= 4 is 15.9 Å². The second kappa shape index (κ2) is 7.81. The van der Waals surface area contributed by atoms with Gasteiger partial charge in [0.25, 0.3) is 0 Å². The van der Waals surface area contributed by atoms with Crippen molar-refractivity contribution in [3.63, 3.8) is 0 Å². The highest BCUT2D eigenvalue weighted by Gasteiger charge is 2.20. The highest BCUT2D eigenvalue weighted by Crippen LogP contribution is 2.02. The molecule has 1 atom stereocenters. The number of pyridine rings is 1. The molecule has 0 bridgehead atoms. The van der Waals surface area contributed by atoms with Gasteiger partial charge in [0.15, 0.2) is 5.84 Å². The van der Waals surface area contributed by atoms with Crippen molar-refractivity contribution in [2.45, 2.75) is 32.2 Å². The fourth-order valence-corrected chi connectivity index (χ4v) is 2.95. The summed E-state index contributed by atoms with van der Waals surface area (Å²) in [7, 11) is -3.52. The number of aryl methyl sites for hydroxylation is 1. The number of aromatic nitrogens is 1. The van der Waals surface area contributed by atoms with Gasteiger partial charge in [-0.3, -0.25) is 4.98 Å². The van der Waals surface area contributed by atoms with E-state index in [1.54, 1.807) is 24.4 Å². The van der Waals surface area contributed by atoms with Gasteiger partial charge in [-0.2, -0.15) is 0 Å². The molecule has 0 aliphatic carbocycles. The third kappa shape index (κ3) is 5.54. The first kappa shape index (κ1) is 16.4. The van der Waals surface area contributed by atoms with E-state index < -0.39 is 16.1 Å². The standard InChI is InChI=1S/C12H20N4O3S/c1-2-5-11(12(13)15-17)16-20(18,19)9-7-10-6-3-4-8-14-10/h3-4,6,8,11,16-17H,2,5,7,9H2,1H3,(H2,13,15). The van der Waals surface area contributed by atoms with Crippen LogP contribution in [0.25, 0.3) is 0 Å². The summed E-state index contributed by atoms with van der Waals surface area (Å²) in [5.41, 5.74) is 6.18. The van der Waals surface area contributed by atoms with E-state index in [4.69, 9.17) is 10.9 Å². The van der Waals surface area contributed by atoms with Crippen LogP contribution >= 0.6 is 0 Å². The molecule has 20 heavy (non-hydrogen) atoms. The van der Waals surface area contributed by atoms with E-state index in [2.05, 4.69) is 14.9 Å². The van der Waals surface area contributed by atoms with Crippen LogP contribution in [0, 0.1) is 0 Å². The highest BCUT2D eigenvalue weighted by molar-refractivity contribution is 7.89. The maximum atomic E-state index is 12.0. The van der Waals surface area contributed by atoms with Crippen LogP contribution in [0.1, 0.15) is 25.5 Å². The van der Waals surface area contributed by atoms with Crippen molar-refractivity contribution in [3.05, 3.63) is 30.1 Å². The SMILES string of the molecule is CCCC(NS(=O)(=O)CCc1ccccn1)/C(N)=N/O. The fraction of sp³-hybridized carbons (Fsp3) is 0.500. The van der Waals surface area contributed by atoms with Gasteiger partial charge in [-0.15, -0.1) is 0 Å². The van der Waals surface area contributed by atoms with Crippen LogP contribution in [0.3, 0.4) is 0 Å². The zero-order chi connectivity index (χ0) is 15.0. The molecule has 4 N–H and O–H groups in total. The molecule has 0 saturated carbocycles. The van der Waals surface area contributed by atoms with E-state index in [9.17, 15) is 8.42 Å². The van der Waals surface area contributed by atoms with Crippen molar-refractivity contribution in [2.75, 3.05) is 5.75 Å². The van der Waals surface area contributed by atoms with Crippen molar-refractivity contribution in [3.8, 4) is 0 Å². The predicted octanol–water partition coefficient (Wildman–Crippen LogP) is 0.459. The van der Waals surface area contributed by atoms with Crippen molar-refractivity contribution in [1.82, 2.24) is 9.71 Å². The Balaban J connectivity index is 2.63. The zero-order valence-electron chi connectivity index (χ0n) is 11.4. The fourth-order valence-electron chi connectivity index (χ4n) is 1.69. The van der Waals surface area contributed by atoms with E-state index in [0.29, 0.717) is 25.0 Å². The van der Waals surface area contributed by atoms with Crippen LogP contribution in [0.15, 0.2) is 29.6 Å². The molecule has 0 saturated heterocycles. The van der Waals surface area contributed by atoms with Gasteiger partial charge in [-0.25, -0.2) is 13.1 Å². The molecule has 8 heteroatoms. The van der Waals surface area contributed by atoms with Crippen LogP contribution < -0.4 is 10.5 Å². The van der Waals surface area contributed by atoms with Crippen LogP contribution in [0.4, 0.5) is 0 Å². The summed E-state index contributed by atoms with van der Waals surface area (Å²) in [6, 6.07) is 4.66. The first-order valence-corrected chi connectivity index (χ1v) is 8.01. The van der Waals surface area contributed by atoms with Crippen LogP contribution in [0.2, 0.25) is 0 Å². The smallest absolute Gasteiger partial charge is 0.212 e. The molecule has 1 aromatic heterocycles. The van der Waals surface area contributed by atoms with Gasteiger partial charge in [0, 0.05) is 18.3 Å². The molecule has 0 radical (unpaired) electrons. The number of hydrogen-bond acceptors (Lipinski definition) is 5. The Labute approximate surface area is 118 Å². The Hall–Kier alpha value is -1.67. The van der Waals surface area contributed by atoms with Crippen molar-refractivity contribution in [2.24, 2.45) is 10.9 Å². The average molecular weight is 300 g/mol. The molecule has 0 aliphatic rings. The average Bonchev–Trinajstić information content (AvgIpc) is 2.45. The Morgan fingerprint density at radius 3 is 2.85 bits per heavy atom. The second-order valence-electron chi connectivity index (χ2n) is 4.37. The van der Waals surface area contributed by atoms with E-state index in [0.717, 1.165) is 0 Å². The number of sulfonamides is 1. The lowest BCUT2D eigenvalue weighted by Crippen LogP contribution is -2.45. The molecule has 1 heterocycles. The molecule has 0 fully saturated rings. The Morgan fingerprint density at radius 1 is 1.55 bits per heavy atom. The quantitative estimate of drug-likeness (QED) is 0.279. The number of nitrogens with one attached hydrogen (secondary N) is 1. The van der Waals surface area contributed by atoms with E-state index in [-0.39, 0.29) is 11.6 Å². The summed E-state index contributed by atoms with van der Waals surface area (Å²) >= 11 is 0. The van der Waals surface area contributed by atoms with Crippen molar-refractivity contribution in [1.29, 1.82) is 0 Å². The molecule has 7 nitrogen and oxygen atoms in total. The minimum absolute atomic E-state index is 0.0943. The Kier molecular flexibility index (Phi) is 6.40. The molecular formula is C12H20N4O3S. The zero-order valence-corrected chi connectivity index (χ0v) is 12.2. The number of nitrogens with zero attached hydrogens (tertiary/aromatic N) is 2. The first-order chi connectivity index (χ1) is 9.48. The molecular weight excluding hydrogens is 280 g/mol. The van der Waals surface area contributed by atoms with Gasteiger partial charge in [-0.1, -0.05) is 24.6 Å². The number of hydrogen-bond donors (Lipinski definition) is 3. The van der Waals surface area contributed by atoms with Gasteiger partial charge in [0.05, 0.1) is 11.8 Å². The number of nitrogens with two attached hydrogens (primary N) is 1. The van der Waals surface area contributed by atoms with Gasteiger partial charge >= 0.3 is 0 Å². The minimum Gasteiger partial charge on any atom is -0.409 e. The summed E-state index contributed by atoms with van der Waals surface area (Å²) in [5.74, 6) is -0.226. The molecule has 112 valence electrons. The monoisotopic (exact) mass is 300 g/mol. The number of rotatable bonds is 8. The number of oxime groups is 1. The lowest BCUT2D eigenvalue weighted by Gasteiger charge is -2.16. The maximum absolute atomic E-state index is 12.0. The van der Waals surface area contributed by atoms with Gasteiger partial charge in [-0.05, 0) is 18.6 Å². The van der Waals surface area contributed by atoms with Crippen LogP contribution in [-0.4, -0.2) is 36.2 Å². The molecule has 0 spiro atoms. The predicted molar refractivity (Wildman–Crippen MR) is 77.0 cm³/mol. The van der Waals surface area contributed by atoms with E-state index >= 15 is 0 Å². The largest absolute Gasteiger partial charge is 0.409 e. The normalized spacial score (nSPS) is 14.2. The molecule has 0 aromatic carbocycles. The summed E-state index contributed by atoms with van der Waals surface area (Å²) in [5, 5.41) is 11.5. The minimum atomic E-state index is -3.52. The third-order valence-corrected chi connectivity index (χ3v) is 4.11. The second-order valence-corrected chi connectivity index (χ2v) is 6.25. The Morgan fingerprint density at radius 2 is 2.30 bits per heavy atom. The molecule has 1 aromatic rings. The molecule has 1 rings (SSSR count). The van der Waals surface area contributed by atoms with Gasteiger partial charge in [0.2, 0.25) is 10.0 Å². The maximum Gasteiger partial charge on any atom is 0.212 e. The topological polar surface area (TPSA) is 118 Å². The molecule has 0 aliphatic heterocycles. The van der Waals surface area contributed by atoms with Crippen LogP contribution in [0.5, 0.6) is 0 Å². The summed E-state index contributed by atoms with van der Waals surface area (Å²) < 4.78 is 26.4. The summed E-state index contributed by atoms with van der Waals surface area (Å²) in [6.45, 7) is 1.89. The molecule has 0 amide bonds. The van der Waals surface area contributed by atoms with E-state index in [1.165, 1.54) is 0 Å². The summed E-state index contributed by atoms with van der Waals surface area (Å²) in [4.78, 5) is 4.07. The Bertz CT molecular complexity index is 531. The first-order valence-electron chi connectivity index (χ1n) is 6.36. The lowest BCUT2D eigenvalue weighted by molar-refractivity contribution is 0.315. The van der Waals surface area contributed by atoms with Gasteiger partial charge < -0.3 is 10.9 Å².